The van der Waals surface area contributed by atoms with Crippen LogP contribution in [0.25, 0.3) is 0 Å². The summed E-state index contributed by atoms with van der Waals surface area (Å²) < 4.78 is 5.66. The molecule has 1 aromatic rings. The lowest BCUT2D eigenvalue weighted by Gasteiger charge is -2.35. The van der Waals surface area contributed by atoms with Crippen molar-refractivity contribution in [2.75, 3.05) is 14.2 Å². The van der Waals surface area contributed by atoms with Gasteiger partial charge in [0.1, 0.15) is 0 Å². The summed E-state index contributed by atoms with van der Waals surface area (Å²) in [6.45, 7) is 6.48. The number of hydrogen-bond acceptors (Lipinski definition) is 3. The highest BCUT2D eigenvalue weighted by atomic mass is 32.1. The lowest BCUT2D eigenvalue weighted by Crippen LogP contribution is -2.41. The standard InChI is InChI=1S/C12H21NOS/c1-6-12(3,14-5)11(13-4)10-7-8-15-9(10)2/h7-8,11,13H,6H2,1-5H3. The van der Waals surface area contributed by atoms with Crippen molar-refractivity contribution in [3.8, 4) is 0 Å². The Balaban J connectivity index is 3.03. The van der Waals surface area contributed by atoms with Crippen molar-refractivity contribution < 1.29 is 4.74 Å². The number of likely N-dealkylation sites (N-methyl/N-ethyl adjacent to an activating group) is 1. The van der Waals surface area contributed by atoms with Gasteiger partial charge in [0, 0.05) is 12.0 Å². The average Bonchev–Trinajstić information content (AvgIpc) is 2.66. The Bertz CT molecular complexity index is 304. The molecule has 1 heterocycles. The van der Waals surface area contributed by atoms with Crippen molar-refractivity contribution in [3.05, 3.63) is 21.9 Å². The minimum atomic E-state index is -0.138. The largest absolute Gasteiger partial charge is 0.377 e. The average molecular weight is 227 g/mol. The monoisotopic (exact) mass is 227 g/mol. The summed E-state index contributed by atoms with van der Waals surface area (Å²) >= 11 is 1.79. The number of rotatable bonds is 5. The van der Waals surface area contributed by atoms with Gasteiger partial charge in [0.25, 0.3) is 0 Å². The SMILES string of the molecule is CCC(C)(OC)C(NC)c1ccsc1C. The van der Waals surface area contributed by atoms with Crippen LogP contribution in [0.5, 0.6) is 0 Å². The third-order valence-corrected chi connectivity index (χ3v) is 4.14. The first kappa shape index (κ1) is 12.7. The Morgan fingerprint density at radius 2 is 2.27 bits per heavy atom. The fourth-order valence-corrected chi connectivity index (χ4v) is 2.69. The number of nitrogens with one attached hydrogen (secondary N) is 1. The Morgan fingerprint density at radius 3 is 2.60 bits per heavy atom. The van der Waals surface area contributed by atoms with Crippen molar-refractivity contribution in [1.29, 1.82) is 0 Å². The predicted molar refractivity (Wildman–Crippen MR) is 66.6 cm³/mol. The second-order valence-corrected chi connectivity index (χ2v) is 5.14. The minimum absolute atomic E-state index is 0.138. The van der Waals surface area contributed by atoms with Gasteiger partial charge >= 0.3 is 0 Å². The number of thiophene rings is 1. The van der Waals surface area contributed by atoms with Gasteiger partial charge in [-0.2, -0.15) is 0 Å². The third kappa shape index (κ3) is 2.41. The Labute approximate surface area is 96.7 Å². The van der Waals surface area contributed by atoms with Gasteiger partial charge in [-0.05, 0) is 44.3 Å². The highest BCUT2D eigenvalue weighted by Gasteiger charge is 2.33. The summed E-state index contributed by atoms with van der Waals surface area (Å²) in [5.41, 5.74) is 1.22. The normalized spacial score (nSPS) is 17.4. The van der Waals surface area contributed by atoms with Gasteiger partial charge in [0.2, 0.25) is 0 Å². The first-order valence-corrected chi connectivity index (χ1v) is 6.23. The summed E-state index contributed by atoms with van der Waals surface area (Å²) in [5.74, 6) is 0. The molecule has 0 fully saturated rings. The Morgan fingerprint density at radius 1 is 1.60 bits per heavy atom. The Kier molecular flexibility index (Phi) is 4.32. The van der Waals surface area contributed by atoms with Crippen LogP contribution < -0.4 is 5.32 Å². The maximum absolute atomic E-state index is 5.66. The van der Waals surface area contributed by atoms with E-state index in [0.717, 1.165) is 6.42 Å². The number of methoxy groups -OCH3 is 1. The molecule has 15 heavy (non-hydrogen) atoms. The van der Waals surface area contributed by atoms with Crippen LogP contribution in [-0.4, -0.2) is 19.8 Å². The van der Waals surface area contributed by atoms with Crippen LogP contribution in [0.3, 0.4) is 0 Å². The van der Waals surface area contributed by atoms with Gasteiger partial charge in [0.15, 0.2) is 0 Å². The molecule has 0 amide bonds. The predicted octanol–water partition coefficient (Wildman–Crippen LogP) is 3.13. The van der Waals surface area contributed by atoms with Crippen LogP contribution in [0, 0.1) is 6.92 Å². The molecule has 2 unspecified atom stereocenters. The van der Waals surface area contributed by atoms with E-state index in [4.69, 9.17) is 4.74 Å². The number of hydrogen-bond donors (Lipinski definition) is 1. The highest BCUT2D eigenvalue weighted by molar-refractivity contribution is 7.10. The van der Waals surface area contributed by atoms with Crippen LogP contribution >= 0.6 is 11.3 Å². The van der Waals surface area contributed by atoms with Crippen LogP contribution in [-0.2, 0) is 4.74 Å². The molecule has 2 nitrogen and oxygen atoms in total. The lowest BCUT2D eigenvalue weighted by atomic mass is 9.88. The molecule has 0 aliphatic heterocycles. The zero-order valence-electron chi connectivity index (χ0n) is 10.3. The van der Waals surface area contributed by atoms with Gasteiger partial charge in [-0.3, -0.25) is 0 Å². The smallest absolute Gasteiger partial charge is 0.0842 e. The first-order valence-electron chi connectivity index (χ1n) is 5.35. The van der Waals surface area contributed by atoms with Crippen LogP contribution in [0.1, 0.15) is 36.8 Å². The minimum Gasteiger partial charge on any atom is -0.377 e. The Hall–Kier alpha value is -0.380. The summed E-state index contributed by atoms with van der Waals surface area (Å²) in [4.78, 5) is 1.37. The molecule has 0 aliphatic rings. The molecule has 86 valence electrons. The van der Waals surface area contributed by atoms with Crippen molar-refractivity contribution in [2.45, 2.75) is 38.8 Å². The summed E-state index contributed by atoms with van der Waals surface area (Å²) in [6.07, 6.45) is 0.990. The quantitative estimate of drug-likeness (QED) is 0.834. The molecular formula is C12H21NOS. The van der Waals surface area contributed by atoms with E-state index in [2.05, 4.69) is 37.5 Å². The van der Waals surface area contributed by atoms with E-state index >= 15 is 0 Å². The molecular weight excluding hydrogens is 206 g/mol. The van der Waals surface area contributed by atoms with E-state index in [0.29, 0.717) is 0 Å². The van der Waals surface area contributed by atoms with Gasteiger partial charge in [0.05, 0.1) is 11.6 Å². The molecule has 0 saturated heterocycles. The van der Waals surface area contributed by atoms with Gasteiger partial charge in [-0.25, -0.2) is 0 Å². The third-order valence-electron chi connectivity index (χ3n) is 3.28. The van der Waals surface area contributed by atoms with Crippen molar-refractivity contribution >= 4 is 11.3 Å². The number of ether oxygens (including phenoxy) is 1. The summed E-state index contributed by atoms with van der Waals surface area (Å²) in [5, 5.41) is 5.51. The molecule has 1 N–H and O–H groups in total. The molecule has 0 aliphatic carbocycles. The molecule has 0 bridgehead atoms. The molecule has 1 aromatic heterocycles. The van der Waals surface area contributed by atoms with Crippen molar-refractivity contribution in [1.82, 2.24) is 5.32 Å². The van der Waals surface area contributed by atoms with Crippen molar-refractivity contribution in [2.24, 2.45) is 0 Å². The van der Waals surface area contributed by atoms with Crippen molar-refractivity contribution in [3.63, 3.8) is 0 Å². The van der Waals surface area contributed by atoms with E-state index < -0.39 is 0 Å². The van der Waals surface area contributed by atoms with E-state index in [1.807, 2.05) is 7.05 Å². The van der Waals surface area contributed by atoms with Gasteiger partial charge in [-0.1, -0.05) is 6.92 Å². The molecule has 0 spiro atoms. The maximum Gasteiger partial charge on any atom is 0.0842 e. The second-order valence-electron chi connectivity index (χ2n) is 4.02. The van der Waals surface area contributed by atoms with E-state index in [9.17, 15) is 0 Å². The summed E-state index contributed by atoms with van der Waals surface area (Å²) in [7, 11) is 3.78. The zero-order valence-corrected chi connectivity index (χ0v) is 11.1. The maximum atomic E-state index is 5.66. The van der Waals surface area contributed by atoms with Gasteiger partial charge < -0.3 is 10.1 Å². The fraction of sp³-hybridized carbons (Fsp3) is 0.667. The molecule has 0 saturated carbocycles. The lowest BCUT2D eigenvalue weighted by molar-refractivity contribution is -0.0280. The molecule has 3 heteroatoms. The zero-order chi connectivity index (χ0) is 11.5. The molecule has 0 radical (unpaired) electrons. The second kappa shape index (κ2) is 5.10. The first-order chi connectivity index (χ1) is 7.09. The van der Waals surface area contributed by atoms with Crippen LogP contribution in [0.2, 0.25) is 0 Å². The fourth-order valence-electron chi connectivity index (χ4n) is 1.95. The van der Waals surface area contributed by atoms with Crippen LogP contribution in [0.15, 0.2) is 11.4 Å². The molecule has 2 atom stereocenters. The highest BCUT2D eigenvalue weighted by Crippen LogP contribution is 2.34. The topological polar surface area (TPSA) is 21.3 Å². The van der Waals surface area contributed by atoms with Gasteiger partial charge in [-0.15, -0.1) is 11.3 Å². The molecule has 0 aromatic carbocycles. The molecule has 1 rings (SSSR count). The van der Waals surface area contributed by atoms with E-state index in [1.165, 1.54) is 10.4 Å². The van der Waals surface area contributed by atoms with Crippen LogP contribution in [0.4, 0.5) is 0 Å². The van der Waals surface area contributed by atoms with E-state index in [1.54, 1.807) is 18.4 Å². The number of aryl methyl sites for hydroxylation is 1. The summed E-state index contributed by atoms with van der Waals surface area (Å²) in [6, 6.07) is 2.45. The van der Waals surface area contributed by atoms with E-state index in [-0.39, 0.29) is 11.6 Å².